The summed E-state index contributed by atoms with van der Waals surface area (Å²) < 4.78 is 31.7. The lowest BCUT2D eigenvalue weighted by Crippen LogP contribution is -1.90. The van der Waals surface area contributed by atoms with Crippen LogP contribution >= 0.6 is 0 Å². The van der Waals surface area contributed by atoms with E-state index in [1.807, 2.05) is 0 Å². The van der Waals surface area contributed by atoms with Crippen molar-refractivity contribution < 1.29 is 13.2 Å². The van der Waals surface area contributed by atoms with Gasteiger partial charge in [0.15, 0.2) is 5.58 Å². The molecule has 0 spiro atoms. The van der Waals surface area contributed by atoms with Crippen LogP contribution in [0.2, 0.25) is 0 Å². The summed E-state index contributed by atoms with van der Waals surface area (Å²) in [7, 11) is 0. The van der Waals surface area contributed by atoms with Gasteiger partial charge in [0.25, 0.3) is 0 Å². The minimum Gasteiger partial charge on any atom is -0.436 e. The maximum Gasteiger partial charge on any atom is 0.227 e. The van der Waals surface area contributed by atoms with E-state index in [1.165, 1.54) is 30.3 Å². The van der Waals surface area contributed by atoms with E-state index in [-0.39, 0.29) is 11.6 Å². The van der Waals surface area contributed by atoms with Crippen molar-refractivity contribution in [2.75, 3.05) is 5.73 Å². The van der Waals surface area contributed by atoms with Gasteiger partial charge in [-0.15, -0.1) is 0 Å². The highest BCUT2D eigenvalue weighted by atomic mass is 19.1. The third-order valence-corrected chi connectivity index (χ3v) is 2.60. The molecule has 0 aliphatic heterocycles. The number of nitrogens with two attached hydrogens (primary N) is 1. The van der Waals surface area contributed by atoms with E-state index < -0.39 is 11.6 Å². The van der Waals surface area contributed by atoms with Crippen LogP contribution in [-0.2, 0) is 0 Å². The van der Waals surface area contributed by atoms with Gasteiger partial charge in [0.05, 0.1) is 5.69 Å². The van der Waals surface area contributed by atoms with Crippen LogP contribution in [0, 0.1) is 11.6 Å². The number of hydrogen-bond acceptors (Lipinski definition) is 3. The predicted octanol–water partition coefficient (Wildman–Crippen LogP) is 3.36. The average Bonchev–Trinajstić information content (AvgIpc) is 2.75. The minimum absolute atomic E-state index is 0.0564. The van der Waals surface area contributed by atoms with Gasteiger partial charge in [-0.1, -0.05) is 0 Å². The first-order chi connectivity index (χ1) is 8.63. The first kappa shape index (κ1) is 10.7. The lowest BCUT2D eigenvalue weighted by molar-refractivity contribution is 0.600. The number of nitrogens with zero attached hydrogens (tertiary/aromatic N) is 1. The van der Waals surface area contributed by atoms with Crippen molar-refractivity contribution in [1.29, 1.82) is 0 Å². The molecule has 90 valence electrons. The zero-order valence-corrected chi connectivity index (χ0v) is 9.15. The van der Waals surface area contributed by atoms with Crippen LogP contribution in [0.15, 0.2) is 40.8 Å². The number of benzene rings is 2. The van der Waals surface area contributed by atoms with Gasteiger partial charge in [-0.2, -0.15) is 0 Å². The maximum atomic E-state index is 13.3. The van der Waals surface area contributed by atoms with Gasteiger partial charge in [0.2, 0.25) is 5.89 Å². The molecule has 5 heteroatoms. The number of rotatable bonds is 1. The summed E-state index contributed by atoms with van der Waals surface area (Å²) in [5.74, 6) is -0.718. The standard InChI is InChI=1S/C13H8F2N2O/c14-8-2-4-11-12(6-8)18-13(17-11)7-1-3-10(16)9(15)5-7/h1-6H,16H2. The molecule has 1 heterocycles. The van der Waals surface area contributed by atoms with Crippen LogP contribution in [0.25, 0.3) is 22.6 Å². The quantitative estimate of drug-likeness (QED) is 0.670. The lowest BCUT2D eigenvalue weighted by Gasteiger charge is -1.98. The molecular weight excluding hydrogens is 238 g/mol. The van der Waals surface area contributed by atoms with Gasteiger partial charge in [-0.05, 0) is 30.3 Å². The Hall–Kier alpha value is -2.43. The largest absolute Gasteiger partial charge is 0.436 e. The van der Waals surface area contributed by atoms with E-state index in [4.69, 9.17) is 10.2 Å². The Morgan fingerprint density at radius 3 is 2.67 bits per heavy atom. The molecule has 0 amide bonds. The minimum atomic E-state index is -0.541. The van der Waals surface area contributed by atoms with Gasteiger partial charge in [0, 0.05) is 11.6 Å². The van der Waals surface area contributed by atoms with E-state index in [1.54, 1.807) is 6.07 Å². The van der Waals surface area contributed by atoms with Crippen molar-refractivity contribution in [2.24, 2.45) is 0 Å². The second-order valence-corrected chi connectivity index (χ2v) is 3.87. The number of halogens is 2. The van der Waals surface area contributed by atoms with Gasteiger partial charge in [-0.25, -0.2) is 13.8 Å². The molecule has 0 saturated heterocycles. The van der Waals surface area contributed by atoms with Crippen LogP contribution < -0.4 is 5.73 Å². The van der Waals surface area contributed by atoms with E-state index in [0.29, 0.717) is 16.7 Å². The number of hydrogen-bond donors (Lipinski definition) is 1. The highest BCUT2D eigenvalue weighted by Crippen LogP contribution is 2.26. The summed E-state index contributed by atoms with van der Waals surface area (Å²) in [4.78, 5) is 4.15. The molecule has 0 saturated carbocycles. The molecule has 0 aliphatic carbocycles. The summed E-state index contributed by atoms with van der Waals surface area (Å²) in [6, 6.07) is 8.29. The normalized spacial score (nSPS) is 11.0. The number of nitrogen functional groups attached to an aromatic ring is 1. The van der Waals surface area contributed by atoms with Gasteiger partial charge >= 0.3 is 0 Å². The Morgan fingerprint density at radius 2 is 1.89 bits per heavy atom. The van der Waals surface area contributed by atoms with E-state index in [9.17, 15) is 8.78 Å². The Labute approximate surface area is 101 Å². The topological polar surface area (TPSA) is 52.0 Å². The number of fused-ring (bicyclic) bond motifs is 1. The Bertz CT molecular complexity index is 737. The monoisotopic (exact) mass is 246 g/mol. The summed E-state index contributed by atoms with van der Waals surface area (Å²) in [5, 5.41) is 0. The molecule has 0 aliphatic rings. The van der Waals surface area contributed by atoms with Crippen LogP contribution in [0.5, 0.6) is 0 Å². The fourth-order valence-corrected chi connectivity index (χ4v) is 1.68. The summed E-state index contributed by atoms with van der Waals surface area (Å²) in [6.45, 7) is 0. The van der Waals surface area contributed by atoms with E-state index in [0.717, 1.165) is 0 Å². The molecule has 2 N–H and O–H groups in total. The Kier molecular flexibility index (Phi) is 2.26. The second kappa shape index (κ2) is 3.80. The van der Waals surface area contributed by atoms with Crippen LogP contribution in [-0.4, -0.2) is 4.98 Å². The van der Waals surface area contributed by atoms with Gasteiger partial charge in [-0.3, -0.25) is 0 Å². The zero-order valence-electron chi connectivity index (χ0n) is 9.15. The van der Waals surface area contributed by atoms with Crippen molar-refractivity contribution in [3.8, 4) is 11.5 Å². The summed E-state index contributed by atoms with van der Waals surface area (Å²) >= 11 is 0. The van der Waals surface area contributed by atoms with Crippen LogP contribution in [0.3, 0.4) is 0 Å². The molecule has 3 rings (SSSR count). The van der Waals surface area contributed by atoms with Crippen LogP contribution in [0.4, 0.5) is 14.5 Å². The number of oxazole rings is 1. The van der Waals surface area contributed by atoms with Crippen molar-refractivity contribution in [2.45, 2.75) is 0 Å². The van der Waals surface area contributed by atoms with Crippen LogP contribution in [0.1, 0.15) is 0 Å². The maximum absolute atomic E-state index is 13.3. The third kappa shape index (κ3) is 1.69. The van der Waals surface area contributed by atoms with Gasteiger partial charge in [0.1, 0.15) is 17.2 Å². The van der Waals surface area contributed by atoms with Crippen molar-refractivity contribution in [1.82, 2.24) is 4.98 Å². The molecule has 0 unspecified atom stereocenters. The fraction of sp³-hybridized carbons (Fsp3) is 0. The molecule has 2 aromatic carbocycles. The molecule has 0 atom stereocenters. The molecule has 0 fully saturated rings. The van der Waals surface area contributed by atoms with Crippen molar-refractivity contribution in [3.63, 3.8) is 0 Å². The Morgan fingerprint density at radius 1 is 1.06 bits per heavy atom. The van der Waals surface area contributed by atoms with Crippen molar-refractivity contribution >= 4 is 16.8 Å². The zero-order chi connectivity index (χ0) is 12.7. The predicted molar refractivity (Wildman–Crippen MR) is 63.8 cm³/mol. The van der Waals surface area contributed by atoms with Crippen molar-refractivity contribution in [3.05, 3.63) is 48.0 Å². The lowest BCUT2D eigenvalue weighted by atomic mass is 10.2. The highest BCUT2D eigenvalue weighted by molar-refractivity contribution is 5.76. The molecule has 18 heavy (non-hydrogen) atoms. The Balaban J connectivity index is 2.16. The second-order valence-electron chi connectivity index (χ2n) is 3.87. The highest BCUT2D eigenvalue weighted by Gasteiger charge is 2.10. The van der Waals surface area contributed by atoms with Gasteiger partial charge < -0.3 is 10.2 Å². The summed E-state index contributed by atoms with van der Waals surface area (Å²) in [5.41, 5.74) is 6.74. The smallest absolute Gasteiger partial charge is 0.227 e. The SMILES string of the molecule is Nc1ccc(-c2nc3ccc(F)cc3o2)cc1F. The van der Waals surface area contributed by atoms with E-state index >= 15 is 0 Å². The molecule has 3 nitrogen and oxygen atoms in total. The molecule has 0 bridgehead atoms. The fourth-order valence-electron chi connectivity index (χ4n) is 1.68. The molecule has 0 radical (unpaired) electrons. The molecular formula is C13H8F2N2O. The first-order valence-corrected chi connectivity index (χ1v) is 5.25. The summed E-state index contributed by atoms with van der Waals surface area (Å²) in [6.07, 6.45) is 0. The number of anilines is 1. The van der Waals surface area contributed by atoms with E-state index in [2.05, 4.69) is 4.98 Å². The third-order valence-electron chi connectivity index (χ3n) is 2.60. The number of aromatic nitrogens is 1. The molecule has 3 aromatic rings. The first-order valence-electron chi connectivity index (χ1n) is 5.25. The average molecular weight is 246 g/mol. The molecule has 1 aromatic heterocycles.